The number of carbonyl (C=O) groups is 5. The molecule has 53 heavy (non-hydrogen) atoms. The fraction of sp³-hybridized carbons (Fsp3) is 0.881. The summed E-state index contributed by atoms with van der Waals surface area (Å²) in [7, 11) is -3.61. The molecule has 10 nitrogen and oxygen atoms in total. The van der Waals surface area contributed by atoms with Crippen LogP contribution in [0.25, 0.3) is 0 Å². The molecule has 2 aliphatic heterocycles. The van der Waals surface area contributed by atoms with Crippen LogP contribution in [0.1, 0.15) is 157 Å². The molecule has 5 aliphatic rings. The van der Waals surface area contributed by atoms with Crippen molar-refractivity contribution in [2.75, 3.05) is 25.5 Å². The van der Waals surface area contributed by atoms with Crippen LogP contribution in [-0.4, -0.2) is 84.8 Å². The first-order chi connectivity index (χ1) is 25.0. The van der Waals surface area contributed by atoms with E-state index in [9.17, 15) is 32.4 Å². The van der Waals surface area contributed by atoms with Crippen LogP contribution in [0.5, 0.6) is 0 Å². The number of hydrogen-bond donors (Lipinski definition) is 1. The molecule has 0 unspecified atom stereocenters. The Morgan fingerprint density at radius 2 is 1.49 bits per heavy atom. The summed E-state index contributed by atoms with van der Waals surface area (Å²) in [5.41, 5.74) is -0.773. The van der Waals surface area contributed by atoms with Gasteiger partial charge in [-0.15, -0.1) is 0 Å². The number of nitrogens with one attached hydrogen (secondary N) is 1. The smallest absolute Gasteiger partial charge is 0.287 e. The fourth-order valence-corrected chi connectivity index (χ4v) is 11.8. The molecule has 1 N–H and O–H groups in total. The molecule has 5 atom stereocenters. The van der Waals surface area contributed by atoms with Gasteiger partial charge in [0.1, 0.15) is 5.78 Å². The predicted octanol–water partition coefficient (Wildman–Crippen LogP) is 6.56. The van der Waals surface area contributed by atoms with Gasteiger partial charge in [-0.1, -0.05) is 78.1 Å². The first kappa shape index (κ1) is 42.0. The van der Waals surface area contributed by atoms with Gasteiger partial charge >= 0.3 is 0 Å². The Balaban J connectivity index is 1.35. The molecule has 2 amide bonds. The van der Waals surface area contributed by atoms with Gasteiger partial charge in [0.2, 0.25) is 11.7 Å². The molecular weight excluding hydrogens is 693 g/mol. The van der Waals surface area contributed by atoms with Crippen molar-refractivity contribution in [2.24, 2.45) is 34.5 Å². The van der Waals surface area contributed by atoms with Crippen molar-refractivity contribution in [3.05, 3.63) is 0 Å². The van der Waals surface area contributed by atoms with Crippen molar-refractivity contribution in [3.63, 3.8) is 0 Å². The summed E-state index contributed by atoms with van der Waals surface area (Å²) in [6.07, 6.45) is 13.5. The predicted molar refractivity (Wildman–Crippen MR) is 205 cm³/mol. The van der Waals surface area contributed by atoms with E-state index < -0.39 is 49.6 Å². The highest BCUT2D eigenvalue weighted by Gasteiger charge is 2.69. The van der Waals surface area contributed by atoms with Gasteiger partial charge in [-0.3, -0.25) is 24.0 Å². The van der Waals surface area contributed by atoms with Crippen LogP contribution in [0.4, 0.5) is 0 Å². The first-order valence-electron chi connectivity index (χ1n) is 21.0. The highest BCUT2D eigenvalue weighted by molar-refractivity contribution is 7.92. The average molecular weight is 761 g/mol. The van der Waals surface area contributed by atoms with Crippen LogP contribution in [0.3, 0.4) is 0 Å². The second-order valence-electron chi connectivity index (χ2n) is 18.8. The van der Waals surface area contributed by atoms with E-state index in [4.69, 9.17) is 4.74 Å². The molecule has 2 saturated heterocycles. The quantitative estimate of drug-likeness (QED) is 0.208. The van der Waals surface area contributed by atoms with Gasteiger partial charge in [0.05, 0.1) is 23.1 Å². The summed E-state index contributed by atoms with van der Waals surface area (Å²) < 4.78 is 32.1. The number of Topliss-reactive ketones (excluding diaryl/α,β-unsaturated/α-hetero) is 3. The highest BCUT2D eigenvalue weighted by Crippen LogP contribution is 2.65. The van der Waals surface area contributed by atoms with Crippen LogP contribution in [0.2, 0.25) is 0 Å². The van der Waals surface area contributed by atoms with Crippen molar-refractivity contribution in [2.45, 2.75) is 173 Å². The molecule has 0 radical (unpaired) electrons. The molecule has 2 heterocycles. The first-order valence-corrected chi connectivity index (χ1v) is 22.7. The van der Waals surface area contributed by atoms with Gasteiger partial charge in [0, 0.05) is 50.3 Å². The van der Waals surface area contributed by atoms with E-state index in [0.717, 1.165) is 77.0 Å². The standard InChI is InChI=1S/C42H68N2O8S/c1-6-52-27-40(2,3)53(50,51)28-42(21-15-12-16-22-42)25-32(45)23-30-18-14-11-9-7-8-10-13-17-29(37(47)38(48)43-31-19-20-31)24-34(46)36-35-33(41(35,4)5)26-44(36)39(30)49/h29-31,33,35-36H,6-28H2,1-5H3,(H,43,48)/t29-,30-,33+,35+,36-/m1/s1. The van der Waals surface area contributed by atoms with E-state index in [1.165, 1.54) is 0 Å². The van der Waals surface area contributed by atoms with Gasteiger partial charge in [0.25, 0.3) is 5.91 Å². The Morgan fingerprint density at radius 3 is 2.11 bits per heavy atom. The highest BCUT2D eigenvalue weighted by atomic mass is 32.2. The largest absolute Gasteiger partial charge is 0.380 e. The molecule has 5 rings (SSSR count). The minimum absolute atomic E-state index is 0.0130. The number of nitrogens with zero attached hydrogens (tertiary/aromatic N) is 1. The summed E-state index contributed by atoms with van der Waals surface area (Å²) >= 11 is 0. The van der Waals surface area contributed by atoms with Crippen LogP contribution >= 0.6 is 0 Å². The Morgan fingerprint density at radius 1 is 0.887 bits per heavy atom. The minimum Gasteiger partial charge on any atom is -0.380 e. The van der Waals surface area contributed by atoms with Crippen LogP contribution in [0.15, 0.2) is 0 Å². The van der Waals surface area contributed by atoms with Crippen LogP contribution in [-0.2, 0) is 38.5 Å². The molecule has 5 fully saturated rings. The van der Waals surface area contributed by atoms with Gasteiger partial charge in [-0.25, -0.2) is 8.42 Å². The lowest BCUT2D eigenvalue weighted by Gasteiger charge is -2.39. The second-order valence-corrected chi connectivity index (χ2v) is 21.4. The van der Waals surface area contributed by atoms with E-state index in [1.54, 1.807) is 18.7 Å². The maximum absolute atomic E-state index is 14.6. The fourth-order valence-electron chi connectivity index (χ4n) is 9.93. The zero-order chi connectivity index (χ0) is 38.6. The summed E-state index contributed by atoms with van der Waals surface area (Å²) in [5.74, 6) is -2.69. The molecule has 300 valence electrons. The normalized spacial score (nSPS) is 29.9. The Labute approximate surface area is 319 Å². The van der Waals surface area contributed by atoms with E-state index in [2.05, 4.69) is 19.2 Å². The molecule has 0 bridgehead atoms. The number of ether oxygens (including phenoxy) is 1. The number of ketones is 3. The number of fused-ring (bicyclic) bond motifs is 3. The maximum atomic E-state index is 14.6. The maximum Gasteiger partial charge on any atom is 0.287 e. The minimum atomic E-state index is -3.61. The average Bonchev–Trinajstić information content (AvgIpc) is 3.95. The summed E-state index contributed by atoms with van der Waals surface area (Å²) in [6, 6.07) is -0.620. The Bertz CT molecular complexity index is 1460. The number of piperidine rings is 1. The summed E-state index contributed by atoms with van der Waals surface area (Å²) in [5, 5.41) is 2.82. The van der Waals surface area contributed by atoms with Gasteiger partial charge in [0.15, 0.2) is 15.6 Å². The lowest BCUT2D eigenvalue weighted by molar-refractivity contribution is -0.146. The topological polar surface area (TPSA) is 144 Å². The van der Waals surface area contributed by atoms with E-state index in [0.29, 0.717) is 38.8 Å². The molecule has 0 aromatic heterocycles. The van der Waals surface area contributed by atoms with E-state index in [-0.39, 0.29) is 72.4 Å². The van der Waals surface area contributed by atoms with Crippen LogP contribution < -0.4 is 5.32 Å². The zero-order valence-electron chi connectivity index (χ0n) is 33.3. The summed E-state index contributed by atoms with van der Waals surface area (Å²) in [6.45, 7) is 10.5. The molecule has 3 aliphatic carbocycles. The van der Waals surface area contributed by atoms with Crippen molar-refractivity contribution < 1.29 is 37.1 Å². The third-order valence-electron chi connectivity index (χ3n) is 13.7. The molecule has 0 spiro atoms. The molecule has 0 aromatic carbocycles. The van der Waals surface area contributed by atoms with Crippen molar-refractivity contribution in [1.29, 1.82) is 0 Å². The van der Waals surface area contributed by atoms with E-state index >= 15 is 0 Å². The zero-order valence-corrected chi connectivity index (χ0v) is 34.2. The number of carbonyl (C=O) groups excluding carboxylic acids is 5. The van der Waals surface area contributed by atoms with Gasteiger partial charge < -0.3 is 15.0 Å². The lowest BCUT2D eigenvalue weighted by atomic mass is 9.71. The van der Waals surface area contributed by atoms with Gasteiger partial charge in [-0.05, 0) is 82.0 Å². The monoisotopic (exact) mass is 760 g/mol. The SMILES string of the molecule is CCOCC(C)(C)S(=O)(=O)CC1(CC(=O)C[C@H]2CCCCCCCCC[C@@H](C(=O)C(=O)NC3CC3)CC(=O)[C@@H]3[C@@H]4[C@H](CN3C2=O)C4(C)C)CCCCC1. The van der Waals surface area contributed by atoms with E-state index in [1.807, 2.05) is 6.92 Å². The van der Waals surface area contributed by atoms with Crippen molar-refractivity contribution >= 4 is 39.0 Å². The molecule has 0 aromatic rings. The number of sulfone groups is 1. The summed E-state index contributed by atoms with van der Waals surface area (Å²) in [4.78, 5) is 71.2. The number of rotatable bonds is 13. The van der Waals surface area contributed by atoms with Crippen molar-refractivity contribution in [1.82, 2.24) is 10.2 Å². The third-order valence-corrected chi connectivity index (χ3v) is 16.5. The van der Waals surface area contributed by atoms with Crippen LogP contribution in [0, 0.1) is 34.5 Å². The Hall–Kier alpha value is -2.14. The molecular formula is C42H68N2O8S. The number of hydrogen-bond acceptors (Lipinski definition) is 8. The van der Waals surface area contributed by atoms with Crippen molar-refractivity contribution in [3.8, 4) is 0 Å². The molecule has 11 heteroatoms. The third kappa shape index (κ3) is 10.2. The second kappa shape index (κ2) is 17.3. The molecule has 3 saturated carbocycles. The van der Waals surface area contributed by atoms with Gasteiger partial charge in [-0.2, -0.15) is 0 Å². The number of amides is 2. The Kier molecular flexibility index (Phi) is 13.7. The lowest BCUT2D eigenvalue weighted by Crippen LogP contribution is -2.49.